The first kappa shape index (κ1) is 27.6. The van der Waals surface area contributed by atoms with Gasteiger partial charge in [-0.15, -0.1) is 11.8 Å². The van der Waals surface area contributed by atoms with Crippen molar-refractivity contribution in [3.05, 3.63) is 50.0 Å². The highest BCUT2D eigenvalue weighted by Crippen LogP contribution is 2.41. The highest BCUT2D eigenvalue weighted by Gasteiger charge is 2.54. The third-order valence-electron chi connectivity index (χ3n) is 5.98. The number of oxime groups is 1. The number of fused-ring (bicyclic) bond motifs is 1. The Balaban J connectivity index is 1.32. The number of aliphatic carboxylic acids is 1. The number of H-pyrrole nitrogens is 1. The van der Waals surface area contributed by atoms with Gasteiger partial charge in [0, 0.05) is 30.1 Å². The van der Waals surface area contributed by atoms with Gasteiger partial charge in [-0.05, 0) is 24.5 Å². The van der Waals surface area contributed by atoms with Crippen LogP contribution < -0.4 is 22.2 Å². The Kier molecular flexibility index (Phi) is 7.76. The molecular formula is C21H21N9O7S3. The number of carboxylic acid groups (broad SMARTS) is 1. The van der Waals surface area contributed by atoms with E-state index in [9.17, 15) is 29.1 Å². The van der Waals surface area contributed by atoms with E-state index >= 15 is 0 Å². The second-order valence-corrected chi connectivity index (χ2v) is 11.5. The number of nitrogen functional groups attached to an aromatic ring is 1. The van der Waals surface area contributed by atoms with Gasteiger partial charge in [-0.2, -0.15) is 14.3 Å². The van der Waals surface area contributed by atoms with Crippen LogP contribution in [0.5, 0.6) is 0 Å². The number of nitrogens with one attached hydrogen (secondary N) is 2. The Morgan fingerprint density at radius 1 is 1.35 bits per heavy atom. The van der Waals surface area contributed by atoms with Crippen molar-refractivity contribution in [1.82, 2.24) is 34.3 Å². The lowest BCUT2D eigenvalue weighted by atomic mass is 10.0. The lowest BCUT2D eigenvalue weighted by Crippen LogP contribution is -2.71. The first-order valence-corrected chi connectivity index (χ1v) is 14.5. The number of hydrogen-bond acceptors (Lipinski definition) is 14. The summed E-state index contributed by atoms with van der Waals surface area (Å²) in [7, 11) is 1.49. The fraction of sp³-hybridized carbons (Fsp3) is 0.381. The first-order chi connectivity index (χ1) is 19.1. The van der Waals surface area contributed by atoms with E-state index in [2.05, 4.69) is 29.9 Å². The second kappa shape index (κ2) is 11.3. The van der Waals surface area contributed by atoms with Gasteiger partial charge in [-0.25, -0.2) is 4.79 Å². The van der Waals surface area contributed by atoms with Gasteiger partial charge in [0.2, 0.25) is 11.5 Å². The second-order valence-electron chi connectivity index (χ2n) is 8.65. The monoisotopic (exact) mass is 607 g/mol. The van der Waals surface area contributed by atoms with Crippen molar-refractivity contribution in [2.45, 2.75) is 35.5 Å². The van der Waals surface area contributed by atoms with Crippen LogP contribution in [0, 0.1) is 0 Å². The number of carboxylic acids is 1. The number of anilines is 1. The highest BCUT2D eigenvalue weighted by atomic mass is 32.2. The lowest BCUT2D eigenvalue weighted by Gasteiger charge is -2.49. The molecule has 4 heterocycles. The van der Waals surface area contributed by atoms with Gasteiger partial charge in [-0.1, -0.05) is 23.0 Å². The molecule has 2 unspecified atom stereocenters. The average molecular weight is 608 g/mol. The Morgan fingerprint density at radius 3 is 2.83 bits per heavy atom. The molecule has 3 atom stereocenters. The molecule has 16 nitrogen and oxygen atoms in total. The van der Waals surface area contributed by atoms with Gasteiger partial charge in [0.1, 0.15) is 23.2 Å². The van der Waals surface area contributed by atoms with E-state index in [0.717, 1.165) is 34.6 Å². The summed E-state index contributed by atoms with van der Waals surface area (Å²) in [5.74, 6) is -2.44. The van der Waals surface area contributed by atoms with Crippen LogP contribution in [0.1, 0.15) is 18.7 Å². The number of aryl methyl sites for hydroxylation is 1. The molecule has 0 radical (unpaired) electrons. The minimum atomic E-state index is -1.32. The van der Waals surface area contributed by atoms with Gasteiger partial charge in [-0.3, -0.25) is 33.9 Å². The number of thioether (sulfide) groups is 2. The number of allylic oxidation sites excluding steroid dienone is 1. The predicted molar refractivity (Wildman–Crippen MR) is 145 cm³/mol. The van der Waals surface area contributed by atoms with E-state index in [-0.39, 0.29) is 45.1 Å². The zero-order valence-corrected chi connectivity index (χ0v) is 23.0. The summed E-state index contributed by atoms with van der Waals surface area (Å²) in [6.07, 6.45) is 4.94. The molecule has 0 bridgehead atoms. The summed E-state index contributed by atoms with van der Waals surface area (Å²) in [5.41, 5.74) is 3.77. The molecule has 1 aliphatic carbocycles. The van der Waals surface area contributed by atoms with Crippen LogP contribution in [0.4, 0.5) is 5.13 Å². The van der Waals surface area contributed by atoms with Crippen molar-refractivity contribution in [3.63, 3.8) is 0 Å². The molecule has 0 aromatic carbocycles. The standard InChI is InChI=1S/C21H21N9O7S3/c1-29-21(25-15(32)16(33)26-29)39-7-8-6-38-18-11(17(34)30(18)12(8)19(35)36)23-14(31)10(13-24-20(22)40-28-13)27-37-9-4-2-3-5-9/h2,4,9,11,18H,3,5-7H2,1H3,(H,23,31)(H,26,33)(H,35,36)(H2,22,24,28)/t9?,11?,18-/m1/s1. The zero-order chi connectivity index (χ0) is 28.6. The fourth-order valence-corrected chi connectivity index (χ4v) is 6.91. The van der Waals surface area contributed by atoms with Crippen LogP contribution in [0.25, 0.3) is 0 Å². The van der Waals surface area contributed by atoms with Crippen molar-refractivity contribution in [1.29, 1.82) is 0 Å². The van der Waals surface area contributed by atoms with Crippen molar-refractivity contribution in [2.24, 2.45) is 12.2 Å². The topological polar surface area (TPSA) is 228 Å². The van der Waals surface area contributed by atoms with Gasteiger partial charge >= 0.3 is 17.1 Å². The molecular weight excluding hydrogens is 586 g/mol. The van der Waals surface area contributed by atoms with E-state index < -0.39 is 40.3 Å². The van der Waals surface area contributed by atoms with E-state index in [1.54, 1.807) is 0 Å². The molecule has 1 fully saturated rings. The molecule has 19 heteroatoms. The molecule has 2 aliphatic heterocycles. The molecule has 3 aliphatic rings. The molecule has 1 saturated heterocycles. The smallest absolute Gasteiger partial charge is 0.352 e. The fourth-order valence-electron chi connectivity index (χ4n) is 4.07. The Hall–Kier alpha value is -3.97. The maximum Gasteiger partial charge on any atom is 0.352 e. The minimum absolute atomic E-state index is 0.0578. The summed E-state index contributed by atoms with van der Waals surface area (Å²) in [5, 5.41) is 18.4. The molecule has 2 amide bonds. The number of amides is 2. The van der Waals surface area contributed by atoms with E-state index in [1.165, 1.54) is 23.5 Å². The van der Waals surface area contributed by atoms with Gasteiger partial charge in [0.25, 0.3) is 11.8 Å². The number of aromatic nitrogens is 5. The number of hydrogen-bond donors (Lipinski definition) is 4. The lowest BCUT2D eigenvalue weighted by molar-refractivity contribution is -0.150. The van der Waals surface area contributed by atoms with Crippen molar-refractivity contribution < 1.29 is 24.3 Å². The summed E-state index contributed by atoms with van der Waals surface area (Å²) in [6, 6.07) is -1.03. The normalized spacial score (nSPS) is 22.2. The molecule has 0 saturated carbocycles. The van der Waals surface area contributed by atoms with Gasteiger partial charge in [0.05, 0.1) is 0 Å². The minimum Gasteiger partial charge on any atom is -0.477 e. The molecule has 40 heavy (non-hydrogen) atoms. The van der Waals surface area contributed by atoms with Crippen LogP contribution in [-0.4, -0.2) is 86.6 Å². The number of β-lactam (4-membered cyclic amide) rings is 1. The molecule has 210 valence electrons. The third-order valence-corrected chi connectivity index (χ3v) is 8.97. The Labute approximate surface area is 236 Å². The maximum absolute atomic E-state index is 13.2. The number of nitrogens with zero attached hydrogens (tertiary/aromatic N) is 6. The number of rotatable bonds is 9. The zero-order valence-electron chi connectivity index (χ0n) is 20.6. The maximum atomic E-state index is 13.2. The van der Waals surface area contributed by atoms with Gasteiger partial charge in [0.15, 0.2) is 10.3 Å². The molecule has 2 aromatic rings. The SMILES string of the molecule is Cn1[nH]c(=O)c(=O)nc1SCC1=C(C(=O)O)N2C(=O)C(NC(=O)C(=NOC3C=CCC3)c3nsc(N)n3)[C@H]2SC1. The van der Waals surface area contributed by atoms with Crippen LogP contribution >= 0.6 is 35.1 Å². The third kappa shape index (κ3) is 5.39. The molecule has 2 aromatic heterocycles. The van der Waals surface area contributed by atoms with Crippen LogP contribution in [0.2, 0.25) is 0 Å². The van der Waals surface area contributed by atoms with Gasteiger partial charge < -0.3 is 21.0 Å². The van der Waals surface area contributed by atoms with Crippen molar-refractivity contribution >= 4 is 63.7 Å². The van der Waals surface area contributed by atoms with E-state index in [0.29, 0.717) is 12.0 Å². The first-order valence-electron chi connectivity index (χ1n) is 11.6. The Morgan fingerprint density at radius 2 is 2.15 bits per heavy atom. The summed E-state index contributed by atoms with van der Waals surface area (Å²) >= 11 is 3.17. The Bertz CT molecular complexity index is 1590. The highest BCUT2D eigenvalue weighted by molar-refractivity contribution is 8.01. The van der Waals surface area contributed by atoms with Crippen molar-refractivity contribution in [3.8, 4) is 0 Å². The predicted octanol–water partition coefficient (Wildman–Crippen LogP) is -1.13. The number of carbonyl (C=O) groups excluding carboxylic acids is 2. The van der Waals surface area contributed by atoms with E-state index in [4.69, 9.17) is 10.6 Å². The summed E-state index contributed by atoms with van der Waals surface area (Å²) in [4.78, 5) is 75.8. The van der Waals surface area contributed by atoms with Crippen molar-refractivity contribution in [2.75, 3.05) is 17.2 Å². The van der Waals surface area contributed by atoms with Crippen LogP contribution in [0.15, 0.2) is 43.3 Å². The van der Waals surface area contributed by atoms with Crippen LogP contribution in [-0.2, 0) is 26.3 Å². The number of nitrogens with two attached hydrogens (primary N) is 1. The largest absolute Gasteiger partial charge is 0.477 e. The summed E-state index contributed by atoms with van der Waals surface area (Å²) in [6.45, 7) is 0. The molecule has 5 rings (SSSR count). The number of carbonyl (C=O) groups is 3. The summed E-state index contributed by atoms with van der Waals surface area (Å²) < 4.78 is 5.28. The average Bonchev–Trinajstić information content (AvgIpc) is 3.60. The quantitative estimate of drug-likeness (QED) is 0.0662. The van der Waals surface area contributed by atoms with Crippen LogP contribution in [0.3, 0.4) is 0 Å². The molecule has 0 spiro atoms. The van der Waals surface area contributed by atoms with E-state index in [1.807, 2.05) is 12.2 Å². The number of aromatic amines is 1. The molecule has 5 N–H and O–H groups in total.